The first-order valence-corrected chi connectivity index (χ1v) is 5.50. The van der Waals surface area contributed by atoms with Gasteiger partial charge in [-0.3, -0.25) is 4.68 Å². The highest BCUT2D eigenvalue weighted by Crippen LogP contribution is 2.12. The van der Waals surface area contributed by atoms with Gasteiger partial charge >= 0.3 is 0 Å². The number of alkyl halides is 1. The molecule has 0 fully saturated rings. The third-order valence-corrected chi connectivity index (χ3v) is 2.56. The molecule has 0 saturated carbocycles. The highest BCUT2D eigenvalue weighted by atomic mass is 19.1. The van der Waals surface area contributed by atoms with Crippen molar-refractivity contribution in [2.24, 2.45) is 0 Å². The third-order valence-electron chi connectivity index (χ3n) is 2.56. The standard InChI is InChI=1S/C11H20FN3/c1-4-6-13-8-11-9(2)14-15(7-5-12)10(11)3/h13H,4-8H2,1-3H3. The van der Waals surface area contributed by atoms with E-state index in [-0.39, 0.29) is 6.67 Å². The van der Waals surface area contributed by atoms with Gasteiger partial charge in [-0.2, -0.15) is 5.10 Å². The number of hydrogen-bond acceptors (Lipinski definition) is 2. The van der Waals surface area contributed by atoms with Crippen LogP contribution in [-0.2, 0) is 13.1 Å². The summed E-state index contributed by atoms with van der Waals surface area (Å²) in [7, 11) is 0. The maximum atomic E-state index is 12.2. The van der Waals surface area contributed by atoms with Gasteiger partial charge in [0.25, 0.3) is 0 Å². The zero-order chi connectivity index (χ0) is 11.3. The molecular weight excluding hydrogens is 193 g/mol. The Bertz CT molecular complexity index is 307. The smallest absolute Gasteiger partial charge is 0.109 e. The Morgan fingerprint density at radius 3 is 2.73 bits per heavy atom. The molecule has 1 N–H and O–H groups in total. The van der Waals surface area contributed by atoms with Crippen molar-refractivity contribution in [1.29, 1.82) is 0 Å². The summed E-state index contributed by atoms with van der Waals surface area (Å²) in [4.78, 5) is 0. The van der Waals surface area contributed by atoms with Gasteiger partial charge in [-0.15, -0.1) is 0 Å². The molecule has 0 atom stereocenters. The van der Waals surface area contributed by atoms with Crippen molar-refractivity contribution in [3.63, 3.8) is 0 Å². The molecule has 0 aliphatic heterocycles. The topological polar surface area (TPSA) is 29.9 Å². The number of nitrogens with zero attached hydrogens (tertiary/aromatic N) is 2. The van der Waals surface area contributed by atoms with Crippen LogP contribution in [0.1, 0.15) is 30.3 Å². The van der Waals surface area contributed by atoms with E-state index in [4.69, 9.17) is 0 Å². The molecule has 0 radical (unpaired) electrons. The molecule has 0 unspecified atom stereocenters. The summed E-state index contributed by atoms with van der Waals surface area (Å²) in [6.07, 6.45) is 1.12. The van der Waals surface area contributed by atoms with E-state index < -0.39 is 0 Å². The van der Waals surface area contributed by atoms with E-state index in [2.05, 4.69) is 17.3 Å². The lowest BCUT2D eigenvalue weighted by Gasteiger charge is -2.04. The first kappa shape index (κ1) is 12.2. The Morgan fingerprint density at radius 2 is 2.13 bits per heavy atom. The minimum Gasteiger partial charge on any atom is -0.313 e. The first-order valence-electron chi connectivity index (χ1n) is 5.50. The Labute approximate surface area is 90.7 Å². The predicted molar refractivity (Wildman–Crippen MR) is 59.7 cm³/mol. The molecule has 0 aliphatic rings. The predicted octanol–water partition coefficient (Wildman–Crippen LogP) is 1.97. The maximum absolute atomic E-state index is 12.2. The third kappa shape index (κ3) is 3.02. The molecule has 1 heterocycles. The summed E-state index contributed by atoms with van der Waals surface area (Å²) in [5.74, 6) is 0. The Morgan fingerprint density at radius 1 is 1.40 bits per heavy atom. The number of hydrogen-bond donors (Lipinski definition) is 1. The monoisotopic (exact) mass is 213 g/mol. The fourth-order valence-corrected chi connectivity index (χ4v) is 1.68. The summed E-state index contributed by atoms with van der Waals surface area (Å²) in [5.41, 5.74) is 3.29. The Kier molecular flexibility index (Phi) is 4.75. The number of aryl methyl sites for hydroxylation is 2. The molecule has 15 heavy (non-hydrogen) atoms. The lowest BCUT2D eigenvalue weighted by atomic mass is 10.2. The number of halogens is 1. The molecule has 0 aliphatic carbocycles. The Balaban J connectivity index is 2.69. The van der Waals surface area contributed by atoms with E-state index in [1.54, 1.807) is 4.68 Å². The number of aromatic nitrogens is 2. The number of nitrogens with one attached hydrogen (secondary N) is 1. The van der Waals surface area contributed by atoms with E-state index >= 15 is 0 Å². The van der Waals surface area contributed by atoms with E-state index in [1.807, 2.05) is 13.8 Å². The minimum atomic E-state index is -0.357. The molecule has 0 aromatic carbocycles. The molecule has 1 aromatic rings. The molecule has 0 saturated heterocycles. The summed E-state index contributed by atoms with van der Waals surface area (Å²) in [6.45, 7) is 7.96. The fourth-order valence-electron chi connectivity index (χ4n) is 1.68. The van der Waals surface area contributed by atoms with Gasteiger partial charge in [0.1, 0.15) is 6.67 Å². The van der Waals surface area contributed by atoms with Crippen LogP contribution in [0.25, 0.3) is 0 Å². The average molecular weight is 213 g/mol. The van der Waals surface area contributed by atoms with Gasteiger partial charge in [0.2, 0.25) is 0 Å². The van der Waals surface area contributed by atoms with Crippen LogP contribution in [0, 0.1) is 13.8 Å². The van der Waals surface area contributed by atoms with Crippen LogP contribution in [-0.4, -0.2) is 23.0 Å². The second-order valence-corrected chi connectivity index (χ2v) is 3.74. The van der Waals surface area contributed by atoms with E-state index in [0.29, 0.717) is 6.54 Å². The van der Waals surface area contributed by atoms with Crippen molar-refractivity contribution >= 4 is 0 Å². The van der Waals surface area contributed by atoms with Crippen LogP contribution >= 0.6 is 0 Å². The van der Waals surface area contributed by atoms with Crippen LogP contribution in [0.2, 0.25) is 0 Å². The summed E-state index contributed by atoms with van der Waals surface area (Å²) >= 11 is 0. The quantitative estimate of drug-likeness (QED) is 0.732. The van der Waals surface area contributed by atoms with E-state index in [1.165, 1.54) is 5.56 Å². The highest BCUT2D eigenvalue weighted by Gasteiger charge is 2.10. The van der Waals surface area contributed by atoms with Gasteiger partial charge in [-0.05, 0) is 26.8 Å². The van der Waals surface area contributed by atoms with Gasteiger partial charge in [-0.1, -0.05) is 6.92 Å². The molecule has 4 heteroatoms. The summed E-state index contributed by atoms with van der Waals surface area (Å²) in [6, 6.07) is 0. The van der Waals surface area contributed by atoms with Crippen LogP contribution in [0.3, 0.4) is 0 Å². The molecule has 86 valence electrons. The molecule has 0 amide bonds. The van der Waals surface area contributed by atoms with Crippen LogP contribution in [0.5, 0.6) is 0 Å². The Hall–Kier alpha value is -0.900. The zero-order valence-electron chi connectivity index (χ0n) is 9.81. The molecule has 0 bridgehead atoms. The van der Waals surface area contributed by atoms with Crippen LogP contribution in [0.4, 0.5) is 4.39 Å². The molecule has 1 rings (SSSR count). The van der Waals surface area contributed by atoms with Crippen LogP contribution < -0.4 is 5.32 Å². The molecule has 0 spiro atoms. The van der Waals surface area contributed by atoms with Crippen molar-refractivity contribution < 1.29 is 4.39 Å². The maximum Gasteiger partial charge on any atom is 0.109 e. The van der Waals surface area contributed by atoms with Crippen molar-refractivity contribution in [1.82, 2.24) is 15.1 Å². The zero-order valence-corrected chi connectivity index (χ0v) is 9.81. The lowest BCUT2D eigenvalue weighted by molar-refractivity contribution is 0.422. The van der Waals surface area contributed by atoms with Crippen LogP contribution in [0.15, 0.2) is 0 Å². The summed E-state index contributed by atoms with van der Waals surface area (Å²) < 4.78 is 14.0. The average Bonchev–Trinajstić information content (AvgIpc) is 2.46. The summed E-state index contributed by atoms with van der Waals surface area (Å²) in [5, 5.41) is 7.66. The SMILES string of the molecule is CCCNCc1c(C)nn(CCF)c1C. The largest absolute Gasteiger partial charge is 0.313 e. The first-order chi connectivity index (χ1) is 7.20. The molecular formula is C11H20FN3. The fraction of sp³-hybridized carbons (Fsp3) is 0.727. The van der Waals surface area contributed by atoms with Gasteiger partial charge in [0.05, 0.1) is 12.2 Å². The second kappa shape index (κ2) is 5.85. The van der Waals surface area contributed by atoms with Crippen molar-refractivity contribution in [3.05, 3.63) is 17.0 Å². The molecule has 3 nitrogen and oxygen atoms in total. The van der Waals surface area contributed by atoms with Gasteiger partial charge in [0.15, 0.2) is 0 Å². The van der Waals surface area contributed by atoms with Gasteiger partial charge in [0, 0.05) is 17.8 Å². The van der Waals surface area contributed by atoms with Crippen molar-refractivity contribution in [3.8, 4) is 0 Å². The second-order valence-electron chi connectivity index (χ2n) is 3.74. The van der Waals surface area contributed by atoms with E-state index in [0.717, 1.165) is 30.9 Å². The van der Waals surface area contributed by atoms with Gasteiger partial charge < -0.3 is 5.32 Å². The van der Waals surface area contributed by atoms with Crippen molar-refractivity contribution in [2.45, 2.75) is 40.3 Å². The number of rotatable bonds is 6. The minimum absolute atomic E-state index is 0.357. The molecule has 1 aromatic heterocycles. The van der Waals surface area contributed by atoms with Crippen molar-refractivity contribution in [2.75, 3.05) is 13.2 Å². The highest BCUT2D eigenvalue weighted by molar-refractivity contribution is 5.24. The van der Waals surface area contributed by atoms with E-state index in [9.17, 15) is 4.39 Å². The van der Waals surface area contributed by atoms with Gasteiger partial charge in [-0.25, -0.2) is 4.39 Å². The normalized spacial score (nSPS) is 10.9. The lowest BCUT2D eigenvalue weighted by Crippen LogP contribution is -2.15.